The predicted octanol–water partition coefficient (Wildman–Crippen LogP) is 1.87. The minimum Gasteiger partial charge on any atom is -0.483 e. The van der Waals surface area contributed by atoms with Crippen LogP contribution in [0.2, 0.25) is 0 Å². The van der Waals surface area contributed by atoms with Crippen LogP contribution in [0.25, 0.3) is 0 Å². The normalized spacial score (nSPS) is 9.95. The van der Waals surface area contributed by atoms with Gasteiger partial charge in [0.25, 0.3) is 5.91 Å². The number of carbonyl (C=O) groups is 1. The Morgan fingerprint density at radius 3 is 2.95 bits per heavy atom. The summed E-state index contributed by atoms with van der Waals surface area (Å²) in [5.74, 6) is 0.733. The summed E-state index contributed by atoms with van der Waals surface area (Å²) in [5, 5.41) is 15.5. The molecule has 108 valence electrons. The fourth-order valence-electron chi connectivity index (χ4n) is 1.92. The van der Waals surface area contributed by atoms with Gasteiger partial charge in [0.1, 0.15) is 23.2 Å². The van der Waals surface area contributed by atoms with Gasteiger partial charge >= 0.3 is 0 Å². The van der Waals surface area contributed by atoms with Crippen LogP contribution in [0.1, 0.15) is 18.1 Å². The lowest BCUT2D eigenvalue weighted by Gasteiger charge is -2.10. The van der Waals surface area contributed by atoms with E-state index >= 15 is 0 Å². The second kappa shape index (κ2) is 6.57. The van der Waals surface area contributed by atoms with Gasteiger partial charge in [0.05, 0.1) is 6.20 Å². The van der Waals surface area contributed by atoms with Crippen LogP contribution in [0.15, 0.2) is 30.5 Å². The van der Waals surface area contributed by atoms with Crippen LogP contribution in [-0.4, -0.2) is 22.3 Å². The molecule has 1 N–H and O–H groups in total. The van der Waals surface area contributed by atoms with E-state index in [4.69, 9.17) is 10.00 Å². The Morgan fingerprint density at radius 2 is 2.24 bits per heavy atom. The van der Waals surface area contributed by atoms with Crippen molar-refractivity contribution in [1.29, 1.82) is 5.26 Å². The molecule has 21 heavy (non-hydrogen) atoms. The summed E-state index contributed by atoms with van der Waals surface area (Å²) < 4.78 is 6.97. The molecule has 0 saturated carbocycles. The smallest absolute Gasteiger partial charge is 0.263 e. The van der Waals surface area contributed by atoms with E-state index in [1.165, 1.54) is 10.9 Å². The molecular formula is C15H16N4O2. The van der Waals surface area contributed by atoms with Crippen molar-refractivity contribution in [3.8, 4) is 11.8 Å². The summed E-state index contributed by atoms with van der Waals surface area (Å²) in [7, 11) is 1.66. The highest BCUT2D eigenvalue weighted by Gasteiger charge is 2.12. The summed E-state index contributed by atoms with van der Waals surface area (Å²) in [6.07, 6.45) is 2.24. The third-order valence-corrected chi connectivity index (χ3v) is 3.03. The number of para-hydroxylation sites is 1. The van der Waals surface area contributed by atoms with Gasteiger partial charge in [-0.2, -0.15) is 10.4 Å². The molecule has 0 bridgehead atoms. The van der Waals surface area contributed by atoms with Gasteiger partial charge in [-0.05, 0) is 18.1 Å². The molecule has 0 aliphatic carbocycles. The van der Waals surface area contributed by atoms with Crippen molar-refractivity contribution in [2.24, 2.45) is 7.05 Å². The standard InChI is InChI=1S/C15H16N4O2/c1-3-11-6-4-5-7-13(11)21-10-14(20)18-15-12(8-16)9-17-19(15)2/h4-7,9H,3,10H2,1-2H3,(H,18,20). The minimum atomic E-state index is -0.332. The molecule has 1 heterocycles. The SMILES string of the molecule is CCc1ccccc1OCC(=O)Nc1c(C#N)cnn1C. The molecule has 1 aromatic carbocycles. The number of aromatic nitrogens is 2. The lowest BCUT2D eigenvalue weighted by Crippen LogP contribution is -2.22. The summed E-state index contributed by atoms with van der Waals surface area (Å²) in [4.78, 5) is 11.9. The van der Waals surface area contributed by atoms with E-state index < -0.39 is 0 Å². The largest absolute Gasteiger partial charge is 0.483 e. The molecule has 0 aliphatic rings. The monoisotopic (exact) mass is 284 g/mol. The third-order valence-electron chi connectivity index (χ3n) is 3.03. The third kappa shape index (κ3) is 3.39. The molecular weight excluding hydrogens is 268 g/mol. The molecule has 0 aliphatic heterocycles. The Hall–Kier alpha value is -2.81. The predicted molar refractivity (Wildman–Crippen MR) is 77.9 cm³/mol. The molecule has 0 unspecified atom stereocenters. The zero-order valence-electron chi connectivity index (χ0n) is 12.0. The Balaban J connectivity index is 2.00. The first kappa shape index (κ1) is 14.6. The fraction of sp³-hybridized carbons (Fsp3) is 0.267. The topological polar surface area (TPSA) is 79.9 Å². The molecule has 6 nitrogen and oxygen atoms in total. The van der Waals surface area contributed by atoms with Crippen LogP contribution in [-0.2, 0) is 18.3 Å². The maximum Gasteiger partial charge on any atom is 0.263 e. The number of hydrogen-bond acceptors (Lipinski definition) is 4. The summed E-state index contributed by atoms with van der Waals surface area (Å²) in [5.41, 5.74) is 1.36. The van der Waals surface area contributed by atoms with Gasteiger partial charge < -0.3 is 10.1 Å². The van der Waals surface area contributed by atoms with Crippen LogP contribution in [0.5, 0.6) is 5.75 Å². The van der Waals surface area contributed by atoms with Crippen molar-refractivity contribution in [3.63, 3.8) is 0 Å². The average Bonchev–Trinajstić information content (AvgIpc) is 2.86. The quantitative estimate of drug-likeness (QED) is 0.909. The molecule has 2 aromatic rings. The molecule has 0 radical (unpaired) electrons. The molecule has 1 aromatic heterocycles. The fourth-order valence-corrected chi connectivity index (χ4v) is 1.92. The van der Waals surface area contributed by atoms with Gasteiger partial charge in [0.15, 0.2) is 6.61 Å². The number of ether oxygens (including phenoxy) is 1. The lowest BCUT2D eigenvalue weighted by atomic mass is 10.1. The first-order valence-electron chi connectivity index (χ1n) is 6.58. The number of anilines is 1. The number of aryl methyl sites for hydroxylation is 2. The number of nitriles is 1. The molecule has 0 atom stereocenters. The second-order valence-electron chi connectivity index (χ2n) is 4.44. The zero-order chi connectivity index (χ0) is 15.2. The number of hydrogen-bond donors (Lipinski definition) is 1. The van der Waals surface area contributed by atoms with Crippen LogP contribution >= 0.6 is 0 Å². The molecule has 0 spiro atoms. The van der Waals surface area contributed by atoms with Crippen LogP contribution in [0.4, 0.5) is 5.82 Å². The van der Waals surface area contributed by atoms with Crippen LogP contribution in [0.3, 0.4) is 0 Å². The molecule has 1 amide bonds. The molecule has 2 rings (SSSR count). The van der Waals surface area contributed by atoms with E-state index in [-0.39, 0.29) is 12.5 Å². The maximum atomic E-state index is 11.9. The summed E-state index contributed by atoms with van der Waals surface area (Å²) in [6, 6.07) is 9.56. The zero-order valence-corrected chi connectivity index (χ0v) is 12.0. The first-order chi connectivity index (χ1) is 10.2. The number of benzene rings is 1. The molecule has 6 heteroatoms. The highest BCUT2D eigenvalue weighted by molar-refractivity contribution is 5.92. The van der Waals surface area contributed by atoms with Gasteiger partial charge in [-0.15, -0.1) is 0 Å². The highest BCUT2D eigenvalue weighted by atomic mass is 16.5. The van der Waals surface area contributed by atoms with Gasteiger partial charge in [-0.25, -0.2) is 0 Å². The number of nitrogens with zero attached hydrogens (tertiary/aromatic N) is 3. The lowest BCUT2D eigenvalue weighted by molar-refractivity contribution is -0.118. The Labute approximate surface area is 123 Å². The van der Waals surface area contributed by atoms with E-state index in [1.807, 2.05) is 37.3 Å². The first-order valence-corrected chi connectivity index (χ1v) is 6.58. The minimum absolute atomic E-state index is 0.118. The van der Waals surface area contributed by atoms with E-state index in [2.05, 4.69) is 10.4 Å². The van der Waals surface area contributed by atoms with E-state index in [1.54, 1.807) is 7.05 Å². The summed E-state index contributed by atoms with van der Waals surface area (Å²) in [6.45, 7) is 1.91. The van der Waals surface area contributed by atoms with Crippen molar-refractivity contribution in [3.05, 3.63) is 41.6 Å². The Morgan fingerprint density at radius 1 is 1.48 bits per heavy atom. The Kier molecular flexibility index (Phi) is 4.57. The Bertz CT molecular complexity index is 685. The highest BCUT2D eigenvalue weighted by Crippen LogP contribution is 2.18. The van der Waals surface area contributed by atoms with E-state index in [9.17, 15) is 4.79 Å². The maximum absolute atomic E-state index is 11.9. The van der Waals surface area contributed by atoms with Crippen LogP contribution in [0, 0.1) is 11.3 Å². The number of nitrogens with one attached hydrogen (secondary N) is 1. The average molecular weight is 284 g/mol. The van der Waals surface area contributed by atoms with Gasteiger partial charge in [-0.1, -0.05) is 25.1 Å². The summed E-state index contributed by atoms with van der Waals surface area (Å²) >= 11 is 0. The number of rotatable bonds is 5. The second-order valence-corrected chi connectivity index (χ2v) is 4.44. The van der Waals surface area contributed by atoms with Gasteiger partial charge in [-0.3, -0.25) is 9.48 Å². The molecule has 0 fully saturated rings. The van der Waals surface area contributed by atoms with Crippen LogP contribution < -0.4 is 10.1 Å². The molecule has 0 saturated heterocycles. The van der Waals surface area contributed by atoms with Crippen molar-refractivity contribution in [1.82, 2.24) is 9.78 Å². The van der Waals surface area contributed by atoms with Crippen molar-refractivity contribution in [2.75, 3.05) is 11.9 Å². The van der Waals surface area contributed by atoms with E-state index in [0.29, 0.717) is 17.1 Å². The number of amides is 1. The van der Waals surface area contributed by atoms with Crippen molar-refractivity contribution in [2.45, 2.75) is 13.3 Å². The van der Waals surface area contributed by atoms with Crippen molar-refractivity contribution < 1.29 is 9.53 Å². The van der Waals surface area contributed by atoms with E-state index in [0.717, 1.165) is 12.0 Å². The van der Waals surface area contributed by atoms with Gasteiger partial charge in [0, 0.05) is 7.05 Å². The van der Waals surface area contributed by atoms with Gasteiger partial charge in [0.2, 0.25) is 0 Å². The van der Waals surface area contributed by atoms with Crippen molar-refractivity contribution >= 4 is 11.7 Å². The number of carbonyl (C=O) groups excluding carboxylic acids is 1.